The van der Waals surface area contributed by atoms with Crippen LogP contribution in [-0.2, 0) is 9.59 Å². The molecule has 90 valence electrons. The molecular weight excluding hydrogens is 238 g/mol. The summed E-state index contributed by atoms with van der Waals surface area (Å²) < 4.78 is 0. The number of nitrogens with zero attached hydrogens (tertiary/aromatic N) is 1. The van der Waals surface area contributed by atoms with E-state index < -0.39 is 11.9 Å². The lowest BCUT2D eigenvalue weighted by atomic mass is 10.1. The van der Waals surface area contributed by atoms with Gasteiger partial charge in [-0.2, -0.15) is 0 Å². The number of carbonyl (C=O) groups is 2. The highest BCUT2D eigenvalue weighted by atomic mass is 32.2. The molecule has 1 atom stereocenters. The molecule has 2 rings (SSSR count). The number of hydrogen-bond acceptors (Lipinski definition) is 3. The van der Waals surface area contributed by atoms with E-state index >= 15 is 0 Å². The highest BCUT2D eigenvalue weighted by Crippen LogP contribution is 2.27. The minimum Gasteiger partial charge on any atom is -0.481 e. The number of carbonyl (C=O) groups excluding carboxylic acids is 1. The van der Waals surface area contributed by atoms with E-state index in [1.807, 2.05) is 30.5 Å². The summed E-state index contributed by atoms with van der Waals surface area (Å²) in [5.41, 5.74) is 0.775. The molecule has 1 amide bonds. The fraction of sp³-hybridized carbons (Fsp3) is 0.333. The molecule has 0 spiro atoms. The Morgan fingerprint density at radius 2 is 2.06 bits per heavy atom. The first-order valence-electron chi connectivity index (χ1n) is 5.29. The van der Waals surface area contributed by atoms with Crippen molar-refractivity contribution >= 4 is 29.3 Å². The van der Waals surface area contributed by atoms with E-state index in [1.165, 1.54) is 0 Å². The summed E-state index contributed by atoms with van der Waals surface area (Å²) in [5.74, 6) is -1.60. The van der Waals surface area contributed by atoms with Gasteiger partial charge in [-0.1, -0.05) is 0 Å². The standard InChI is InChI=1S/C12H13NO3S/c1-17-10-4-2-9(3-5-10)13-7-8(12(15)16)6-11(13)14/h2-5,8H,6-7H2,1H3,(H,15,16)/t8-/m0/s1. The molecule has 1 N–H and O–H groups in total. The SMILES string of the molecule is CSc1ccc(N2C[C@@H](C(=O)O)CC2=O)cc1. The van der Waals surface area contributed by atoms with Crippen LogP contribution < -0.4 is 4.90 Å². The first-order chi connectivity index (χ1) is 8.11. The monoisotopic (exact) mass is 251 g/mol. The predicted octanol–water partition coefficient (Wildman–Crippen LogP) is 1.85. The Balaban J connectivity index is 2.17. The van der Waals surface area contributed by atoms with E-state index in [1.54, 1.807) is 16.7 Å². The number of rotatable bonds is 3. The van der Waals surface area contributed by atoms with Gasteiger partial charge in [0, 0.05) is 23.5 Å². The van der Waals surface area contributed by atoms with Gasteiger partial charge in [-0.3, -0.25) is 9.59 Å². The van der Waals surface area contributed by atoms with Gasteiger partial charge in [-0.15, -0.1) is 11.8 Å². The van der Waals surface area contributed by atoms with Crippen LogP contribution in [0.2, 0.25) is 0 Å². The molecular formula is C12H13NO3S. The molecule has 1 aliphatic rings. The number of thioether (sulfide) groups is 1. The molecule has 0 radical (unpaired) electrons. The minimum absolute atomic E-state index is 0.0968. The van der Waals surface area contributed by atoms with Crippen LogP contribution >= 0.6 is 11.8 Å². The zero-order chi connectivity index (χ0) is 12.4. The Labute approximate surface area is 104 Å². The van der Waals surface area contributed by atoms with Crippen LogP contribution in [-0.4, -0.2) is 29.8 Å². The molecule has 4 nitrogen and oxygen atoms in total. The van der Waals surface area contributed by atoms with Crippen LogP contribution in [0.5, 0.6) is 0 Å². The first kappa shape index (κ1) is 12.0. The van der Waals surface area contributed by atoms with Gasteiger partial charge in [0.05, 0.1) is 5.92 Å². The maximum atomic E-state index is 11.7. The Hall–Kier alpha value is -1.49. The van der Waals surface area contributed by atoms with Gasteiger partial charge in [0.25, 0.3) is 0 Å². The van der Waals surface area contributed by atoms with E-state index in [4.69, 9.17) is 5.11 Å². The van der Waals surface area contributed by atoms with Crippen molar-refractivity contribution in [3.63, 3.8) is 0 Å². The number of carboxylic acids is 1. The van der Waals surface area contributed by atoms with E-state index in [-0.39, 0.29) is 18.9 Å². The fourth-order valence-electron chi connectivity index (χ4n) is 1.88. The highest BCUT2D eigenvalue weighted by Gasteiger charge is 2.34. The van der Waals surface area contributed by atoms with Crippen LogP contribution in [0.25, 0.3) is 0 Å². The molecule has 0 aliphatic carbocycles. The summed E-state index contributed by atoms with van der Waals surface area (Å²) in [4.78, 5) is 25.2. The van der Waals surface area contributed by atoms with Crippen molar-refractivity contribution in [1.29, 1.82) is 0 Å². The summed E-state index contributed by atoms with van der Waals surface area (Å²) in [5, 5.41) is 8.90. The van der Waals surface area contributed by atoms with Crippen molar-refractivity contribution < 1.29 is 14.7 Å². The van der Waals surface area contributed by atoms with Gasteiger partial charge in [-0.05, 0) is 30.5 Å². The average molecular weight is 251 g/mol. The van der Waals surface area contributed by atoms with Gasteiger partial charge >= 0.3 is 5.97 Å². The van der Waals surface area contributed by atoms with E-state index in [0.717, 1.165) is 10.6 Å². The number of carboxylic acid groups (broad SMARTS) is 1. The summed E-state index contributed by atoms with van der Waals surface area (Å²) >= 11 is 1.63. The Bertz CT molecular complexity index is 444. The molecule has 1 aliphatic heterocycles. The summed E-state index contributed by atoms with van der Waals surface area (Å²) in [6.07, 6.45) is 2.08. The summed E-state index contributed by atoms with van der Waals surface area (Å²) in [6.45, 7) is 0.271. The molecule has 0 aromatic heterocycles. The third-order valence-electron chi connectivity index (χ3n) is 2.86. The fourth-order valence-corrected chi connectivity index (χ4v) is 2.29. The van der Waals surface area contributed by atoms with E-state index in [2.05, 4.69) is 0 Å². The second-order valence-corrected chi connectivity index (χ2v) is 4.82. The van der Waals surface area contributed by atoms with Crippen molar-refractivity contribution in [3.8, 4) is 0 Å². The van der Waals surface area contributed by atoms with Crippen LogP contribution in [0, 0.1) is 5.92 Å². The predicted molar refractivity (Wildman–Crippen MR) is 66.3 cm³/mol. The molecule has 17 heavy (non-hydrogen) atoms. The number of hydrogen-bond donors (Lipinski definition) is 1. The second-order valence-electron chi connectivity index (χ2n) is 3.94. The van der Waals surface area contributed by atoms with E-state index in [0.29, 0.717) is 0 Å². The largest absolute Gasteiger partial charge is 0.481 e. The zero-order valence-electron chi connectivity index (χ0n) is 9.42. The Morgan fingerprint density at radius 3 is 2.53 bits per heavy atom. The summed E-state index contributed by atoms with van der Waals surface area (Å²) in [7, 11) is 0. The third-order valence-corrected chi connectivity index (χ3v) is 3.60. The van der Waals surface area contributed by atoms with Crippen molar-refractivity contribution in [2.75, 3.05) is 17.7 Å². The van der Waals surface area contributed by atoms with Gasteiger partial charge in [-0.25, -0.2) is 0 Å². The third kappa shape index (κ3) is 2.44. The van der Waals surface area contributed by atoms with Gasteiger partial charge < -0.3 is 10.0 Å². The average Bonchev–Trinajstić information content (AvgIpc) is 2.72. The van der Waals surface area contributed by atoms with Gasteiger partial charge in [0.1, 0.15) is 0 Å². The lowest BCUT2D eigenvalue weighted by Crippen LogP contribution is -2.25. The molecule has 0 bridgehead atoms. The lowest BCUT2D eigenvalue weighted by Gasteiger charge is -2.16. The number of aliphatic carboxylic acids is 1. The normalized spacial score (nSPS) is 19.7. The summed E-state index contributed by atoms with van der Waals surface area (Å²) in [6, 6.07) is 7.57. The number of benzene rings is 1. The topological polar surface area (TPSA) is 57.6 Å². The van der Waals surface area contributed by atoms with Crippen molar-refractivity contribution in [2.45, 2.75) is 11.3 Å². The maximum Gasteiger partial charge on any atom is 0.308 e. The molecule has 0 saturated carbocycles. The molecule has 1 saturated heterocycles. The molecule has 5 heteroatoms. The molecule has 1 aromatic rings. The lowest BCUT2D eigenvalue weighted by molar-refractivity contribution is -0.141. The number of amides is 1. The van der Waals surface area contributed by atoms with Gasteiger partial charge in [0.2, 0.25) is 5.91 Å². The molecule has 1 heterocycles. The van der Waals surface area contributed by atoms with Crippen LogP contribution in [0.1, 0.15) is 6.42 Å². The quantitative estimate of drug-likeness (QED) is 0.833. The Morgan fingerprint density at radius 1 is 1.41 bits per heavy atom. The van der Waals surface area contributed by atoms with Crippen LogP contribution in [0.4, 0.5) is 5.69 Å². The van der Waals surface area contributed by atoms with Crippen LogP contribution in [0.15, 0.2) is 29.2 Å². The van der Waals surface area contributed by atoms with E-state index in [9.17, 15) is 9.59 Å². The maximum absolute atomic E-state index is 11.7. The zero-order valence-corrected chi connectivity index (χ0v) is 10.2. The van der Waals surface area contributed by atoms with Crippen LogP contribution in [0.3, 0.4) is 0 Å². The number of anilines is 1. The van der Waals surface area contributed by atoms with Gasteiger partial charge in [0.15, 0.2) is 0 Å². The Kier molecular flexibility index (Phi) is 3.38. The highest BCUT2D eigenvalue weighted by molar-refractivity contribution is 7.98. The molecule has 0 unspecified atom stereocenters. The minimum atomic E-state index is -0.901. The van der Waals surface area contributed by atoms with Crippen molar-refractivity contribution in [3.05, 3.63) is 24.3 Å². The van der Waals surface area contributed by atoms with Crippen molar-refractivity contribution in [1.82, 2.24) is 0 Å². The second kappa shape index (κ2) is 4.79. The first-order valence-corrected chi connectivity index (χ1v) is 6.51. The molecule has 1 fully saturated rings. The van der Waals surface area contributed by atoms with Crippen molar-refractivity contribution in [2.24, 2.45) is 5.92 Å². The smallest absolute Gasteiger partial charge is 0.308 e. The molecule has 1 aromatic carbocycles.